The first-order chi connectivity index (χ1) is 10.7. The Balaban J connectivity index is 1.78. The molecule has 2 rings (SSSR count). The number of hydrogen-bond donors (Lipinski definition) is 2. The Morgan fingerprint density at radius 3 is 2.26 bits per heavy atom. The first-order valence-electron chi connectivity index (χ1n) is 9.08. The SMILES string of the molecule is CN1CCC(CNC(C)(CNC(=O)OC(C)(C)C)C2CC2)CC1. The van der Waals surface area contributed by atoms with Crippen LogP contribution in [0.25, 0.3) is 0 Å². The van der Waals surface area contributed by atoms with E-state index in [1.165, 1.54) is 38.8 Å². The Hall–Kier alpha value is -0.810. The summed E-state index contributed by atoms with van der Waals surface area (Å²) in [4.78, 5) is 14.3. The molecule has 1 amide bonds. The van der Waals surface area contributed by atoms with Crippen LogP contribution in [0.4, 0.5) is 4.79 Å². The van der Waals surface area contributed by atoms with E-state index in [-0.39, 0.29) is 11.6 Å². The number of ether oxygens (including phenoxy) is 1. The van der Waals surface area contributed by atoms with Gasteiger partial charge in [0, 0.05) is 12.1 Å². The molecule has 0 aromatic carbocycles. The lowest BCUT2D eigenvalue weighted by Crippen LogP contribution is -2.55. The van der Waals surface area contributed by atoms with Gasteiger partial charge in [0.1, 0.15) is 5.60 Å². The number of alkyl carbamates (subject to hydrolysis) is 1. The van der Waals surface area contributed by atoms with Gasteiger partial charge >= 0.3 is 6.09 Å². The molecule has 2 fully saturated rings. The molecular weight excluding hydrogens is 290 g/mol. The van der Waals surface area contributed by atoms with Crippen LogP contribution in [0.5, 0.6) is 0 Å². The lowest BCUT2D eigenvalue weighted by Gasteiger charge is -2.36. The van der Waals surface area contributed by atoms with E-state index >= 15 is 0 Å². The van der Waals surface area contributed by atoms with Gasteiger partial charge in [-0.1, -0.05) is 0 Å². The average Bonchev–Trinajstić information content (AvgIpc) is 3.28. The molecule has 23 heavy (non-hydrogen) atoms. The summed E-state index contributed by atoms with van der Waals surface area (Å²) >= 11 is 0. The van der Waals surface area contributed by atoms with E-state index in [0.717, 1.165) is 12.5 Å². The van der Waals surface area contributed by atoms with E-state index < -0.39 is 5.60 Å². The third kappa shape index (κ3) is 6.30. The molecule has 1 aliphatic heterocycles. The number of hydrogen-bond acceptors (Lipinski definition) is 4. The van der Waals surface area contributed by atoms with Crippen LogP contribution in [-0.4, -0.2) is 55.4 Å². The van der Waals surface area contributed by atoms with Crippen molar-refractivity contribution >= 4 is 6.09 Å². The number of carbonyl (C=O) groups is 1. The highest BCUT2D eigenvalue weighted by Gasteiger charge is 2.41. The second kappa shape index (κ2) is 7.39. The van der Waals surface area contributed by atoms with Crippen LogP contribution in [0.2, 0.25) is 0 Å². The van der Waals surface area contributed by atoms with Crippen LogP contribution in [0.15, 0.2) is 0 Å². The van der Waals surface area contributed by atoms with Crippen molar-refractivity contribution in [1.29, 1.82) is 0 Å². The molecule has 1 saturated carbocycles. The zero-order valence-corrected chi connectivity index (χ0v) is 15.6. The standard InChI is InChI=1S/C18H35N3O2/c1-17(2,3)23-16(22)19-13-18(4,15-6-7-15)20-12-14-8-10-21(5)11-9-14/h14-15,20H,6-13H2,1-5H3,(H,19,22). The van der Waals surface area contributed by atoms with Crippen LogP contribution in [0.3, 0.4) is 0 Å². The number of nitrogens with one attached hydrogen (secondary N) is 2. The van der Waals surface area contributed by atoms with E-state index in [2.05, 4.69) is 29.5 Å². The Kier molecular flexibility index (Phi) is 5.95. The van der Waals surface area contributed by atoms with Gasteiger partial charge in [0.05, 0.1) is 0 Å². The Labute approximate surface area is 141 Å². The number of rotatable bonds is 6. The number of amides is 1. The topological polar surface area (TPSA) is 53.6 Å². The molecule has 1 unspecified atom stereocenters. The van der Waals surface area contributed by atoms with Crippen LogP contribution in [-0.2, 0) is 4.74 Å². The second-order valence-corrected chi connectivity index (χ2v) is 8.67. The lowest BCUT2D eigenvalue weighted by atomic mass is 9.92. The molecule has 0 spiro atoms. The Morgan fingerprint density at radius 2 is 1.74 bits per heavy atom. The van der Waals surface area contributed by atoms with Crippen molar-refractivity contribution in [2.45, 2.75) is 64.5 Å². The fraction of sp³-hybridized carbons (Fsp3) is 0.944. The first-order valence-corrected chi connectivity index (χ1v) is 9.08. The van der Waals surface area contributed by atoms with Crippen LogP contribution < -0.4 is 10.6 Å². The summed E-state index contributed by atoms with van der Waals surface area (Å²) in [5.41, 5.74) is -0.456. The zero-order valence-electron chi connectivity index (χ0n) is 15.6. The third-order valence-corrected chi connectivity index (χ3v) is 5.11. The van der Waals surface area contributed by atoms with Gasteiger partial charge < -0.3 is 20.3 Å². The fourth-order valence-corrected chi connectivity index (χ4v) is 3.29. The highest BCUT2D eigenvalue weighted by molar-refractivity contribution is 5.67. The van der Waals surface area contributed by atoms with Gasteiger partial charge in [0.15, 0.2) is 0 Å². The number of nitrogens with zero attached hydrogens (tertiary/aromatic N) is 1. The molecule has 1 aliphatic carbocycles. The predicted molar refractivity (Wildman–Crippen MR) is 93.6 cm³/mol. The van der Waals surface area contributed by atoms with Crippen LogP contribution in [0.1, 0.15) is 53.4 Å². The summed E-state index contributed by atoms with van der Waals surface area (Å²) < 4.78 is 5.36. The molecule has 2 N–H and O–H groups in total. The minimum Gasteiger partial charge on any atom is -0.444 e. The molecule has 2 aliphatic rings. The van der Waals surface area contributed by atoms with E-state index in [0.29, 0.717) is 12.5 Å². The minimum atomic E-state index is -0.443. The van der Waals surface area contributed by atoms with Gasteiger partial charge in [-0.05, 0) is 91.9 Å². The highest BCUT2D eigenvalue weighted by Crippen LogP contribution is 2.39. The Bertz CT molecular complexity index is 396. The molecule has 0 radical (unpaired) electrons. The van der Waals surface area contributed by atoms with E-state index in [9.17, 15) is 4.79 Å². The van der Waals surface area contributed by atoms with Crippen molar-refractivity contribution in [2.75, 3.05) is 33.2 Å². The van der Waals surface area contributed by atoms with Gasteiger partial charge in [-0.25, -0.2) is 4.79 Å². The summed E-state index contributed by atoms with van der Waals surface area (Å²) in [5.74, 6) is 1.43. The molecule has 1 atom stereocenters. The normalized spacial score (nSPS) is 23.3. The summed E-state index contributed by atoms with van der Waals surface area (Å²) in [6, 6.07) is 0. The smallest absolute Gasteiger partial charge is 0.407 e. The highest BCUT2D eigenvalue weighted by atomic mass is 16.6. The molecule has 1 heterocycles. The monoisotopic (exact) mass is 325 g/mol. The third-order valence-electron chi connectivity index (χ3n) is 5.11. The molecule has 134 valence electrons. The number of carbonyl (C=O) groups excluding carboxylic acids is 1. The van der Waals surface area contributed by atoms with Crippen molar-refractivity contribution < 1.29 is 9.53 Å². The maximum Gasteiger partial charge on any atom is 0.407 e. The lowest BCUT2D eigenvalue weighted by molar-refractivity contribution is 0.0506. The predicted octanol–water partition coefficient (Wildman–Crippen LogP) is 2.61. The minimum absolute atomic E-state index is 0.0136. The van der Waals surface area contributed by atoms with E-state index in [1.807, 2.05) is 20.8 Å². The van der Waals surface area contributed by atoms with Gasteiger partial charge in [-0.3, -0.25) is 0 Å². The first kappa shape index (κ1) is 18.5. The maximum absolute atomic E-state index is 11.9. The van der Waals surface area contributed by atoms with Crippen molar-refractivity contribution in [3.63, 3.8) is 0 Å². The summed E-state index contributed by atoms with van der Waals surface area (Å²) in [6.45, 7) is 12.0. The van der Waals surface area contributed by atoms with E-state index in [1.54, 1.807) is 0 Å². The Morgan fingerprint density at radius 1 is 1.13 bits per heavy atom. The number of likely N-dealkylation sites (tertiary alicyclic amines) is 1. The van der Waals surface area contributed by atoms with Gasteiger partial charge in [-0.2, -0.15) is 0 Å². The second-order valence-electron chi connectivity index (χ2n) is 8.67. The molecule has 1 saturated heterocycles. The largest absolute Gasteiger partial charge is 0.444 e. The van der Waals surface area contributed by atoms with Crippen molar-refractivity contribution in [3.05, 3.63) is 0 Å². The maximum atomic E-state index is 11.9. The molecule has 5 nitrogen and oxygen atoms in total. The fourth-order valence-electron chi connectivity index (χ4n) is 3.29. The molecule has 5 heteroatoms. The van der Waals surface area contributed by atoms with Gasteiger partial charge in [0.2, 0.25) is 0 Å². The molecule has 0 bridgehead atoms. The van der Waals surface area contributed by atoms with Crippen molar-refractivity contribution in [3.8, 4) is 0 Å². The molecule has 0 aromatic heterocycles. The van der Waals surface area contributed by atoms with Gasteiger partial charge in [0.25, 0.3) is 0 Å². The van der Waals surface area contributed by atoms with Crippen LogP contribution >= 0.6 is 0 Å². The average molecular weight is 325 g/mol. The van der Waals surface area contributed by atoms with E-state index in [4.69, 9.17) is 4.74 Å². The quantitative estimate of drug-likeness (QED) is 0.788. The van der Waals surface area contributed by atoms with Crippen LogP contribution in [0, 0.1) is 11.8 Å². The summed E-state index contributed by atoms with van der Waals surface area (Å²) in [7, 11) is 2.20. The summed E-state index contributed by atoms with van der Waals surface area (Å²) in [6.07, 6.45) is 4.73. The number of piperidine rings is 1. The van der Waals surface area contributed by atoms with Gasteiger partial charge in [-0.15, -0.1) is 0 Å². The van der Waals surface area contributed by atoms with Crippen molar-refractivity contribution in [2.24, 2.45) is 11.8 Å². The summed E-state index contributed by atoms with van der Waals surface area (Å²) in [5, 5.41) is 6.74. The molecular formula is C18H35N3O2. The van der Waals surface area contributed by atoms with Crippen molar-refractivity contribution in [1.82, 2.24) is 15.5 Å². The molecule has 0 aromatic rings. The zero-order chi connectivity index (χ0) is 17.1.